The maximum atomic E-state index is 11.0. The van der Waals surface area contributed by atoms with Gasteiger partial charge in [0.15, 0.2) is 0 Å². The molecule has 0 amide bonds. The number of aromatic carboxylic acids is 1. The number of methoxy groups -OCH3 is 1. The van der Waals surface area contributed by atoms with Crippen molar-refractivity contribution in [3.8, 4) is 0 Å². The van der Waals surface area contributed by atoms with Gasteiger partial charge in [0.1, 0.15) is 0 Å². The number of carboxylic acid groups (broad SMARTS) is 1. The summed E-state index contributed by atoms with van der Waals surface area (Å²) < 4.78 is 5.27. The second-order valence-electron chi connectivity index (χ2n) is 5.23. The fourth-order valence-electron chi connectivity index (χ4n) is 2.37. The highest BCUT2D eigenvalue weighted by Crippen LogP contribution is 2.08. The highest BCUT2D eigenvalue weighted by molar-refractivity contribution is 5.87. The van der Waals surface area contributed by atoms with E-state index in [9.17, 15) is 4.79 Å². The topological polar surface area (TPSA) is 58.6 Å². The first-order chi connectivity index (χ1) is 10.7. The number of hydrogen-bond donors (Lipinski definition) is 2. The summed E-state index contributed by atoms with van der Waals surface area (Å²) >= 11 is 0. The lowest BCUT2D eigenvalue weighted by atomic mass is 10.1. The number of carboxylic acids is 1. The molecule has 116 valence electrons. The minimum Gasteiger partial charge on any atom is -0.478 e. The van der Waals surface area contributed by atoms with Crippen LogP contribution >= 0.6 is 0 Å². The van der Waals surface area contributed by atoms with E-state index in [2.05, 4.69) is 17.4 Å². The number of carbonyl (C=O) groups is 1. The summed E-state index contributed by atoms with van der Waals surface area (Å²) in [4.78, 5) is 11.0. The van der Waals surface area contributed by atoms with Crippen molar-refractivity contribution >= 4 is 5.97 Å². The van der Waals surface area contributed by atoms with Gasteiger partial charge in [-0.05, 0) is 29.7 Å². The SMILES string of the molecule is COCC(Cc1ccccc1)NCc1cccc(C(=O)O)c1. The molecule has 0 aliphatic heterocycles. The molecule has 4 heteroatoms. The summed E-state index contributed by atoms with van der Waals surface area (Å²) in [6.45, 7) is 1.22. The summed E-state index contributed by atoms with van der Waals surface area (Å²) in [5, 5.41) is 12.5. The van der Waals surface area contributed by atoms with E-state index < -0.39 is 5.97 Å². The lowest BCUT2D eigenvalue weighted by molar-refractivity contribution is 0.0696. The Kier molecular flexibility index (Phi) is 6.13. The van der Waals surface area contributed by atoms with E-state index in [1.54, 1.807) is 25.3 Å². The van der Waals surface area contributed by atoms with Gasteiger partial charge in [0.05, 0.1) is 12.2 Å². The first kappa shape index (κ1) is 16.2. The fourth-order valence-corrected chi connectivity index (χ4v) is 2.37. The van der Waals surface area contributed by atoms with Gasteiger partial charge in [0, 0.05) is 19.7 Å². The van der Waals surface area contributed by atoms with Crippen molar-refractivity contribution in [3.63, 3.8) is 0 Å². The number of ether oxygens (including phenoxy) is 1. The molecule has 0 aliphatic rings. The first-order valence-electron chi connectivity index (χ1n) is 7.27. The molecule has 0 fully saturated rings. The number of rotatable bonds is 8. The Morgan fingerprint density at radius 3 is 2.55 bits per heavy atom. The third-order valence-electron chi connectivity index (χ3n) is 3.46. The predicted molar refractivity (Wildman–Crippen MR) is 86.1 cm³/mol. The van der Waals surface area contributed by atoms with Crippen LogP contribution in [0.4, 0.5) is 0 Å². The normalized spacial score (nSPS) is 12.0. The van der Waals surface area contributed by atoms with E-state index in [1.807, 2.05) is 24.3 Å². The van der Waals surface area contributed by atoms with Crippen LogP contribution in [0.15, 0.2) is 54.6 Å². The number of hydrogen-bond acceptors (Lipinski definition) is 3. The minimum absolute atomic E-state index is 0.181. The molecule has 2 aromatic rings. The summed E-state index contributed by atoms with van der Waals surface area (Å²) in [6.07, 6.45) is 0.868. The molecule has 4 nitrogen and oxygen atoms in total. The molecule has 0 saturated heterocycles. The smallest absolute Gasteiger partial charge is 0.335 e. The highest BCUT2D eigenvalue weighted by atomic mass is 16.5. The standard InChI is InChI=1S/C18H21NO3/c1-22-13-17(11-14-6-3-2-4-7-14)19-12-15-8-5-9-16(10-15)18(20)21/h2-10,17,19H,11-13H2,1H3,(H,20,21). The Bertz CT molecular complexity index is 598. The molecular formula is C18H21NO3. The van der Waals surface area contributed by atoms with E-state index >= 15 is 0 Å². The van der Waals surface area contributed by atoms with Gasteiger partial charge in [-0.1, -0.05) is 42.5 Å². The maximum Gasteiger partial charge on any atom is 0.335 e. The van der Waals surface area contributed by atoms with E-state index in [0.717, 1.165) is 12.0 Å². The molecule has 0 spiro atoms. The maximum absolute atomic E-state index is 11.0. The number of nitrogens with one attached hydrogen (secondary N) is 1. The van der Waals surface area contributed by atoms with Gasteiger partial charge < -0.3 is 15.2 Å². The minimum atomic E-state index is -0.903. The quantitative estimate of drug-likeness (QED) is 0.787. The van der Waals surface area contributed by atoms with Crippen LogP contribution in [-0.2, 0) is 17.7 Å². The van der Waals surface area contributed by atoms with Crippen LogP contribution in [0.5, 0.6) is 0 Å². The van der Waals surface area contributed by atoms with Crippen molar-refractivity contribution in [2.24, 2.45) is 0 Å². The van der Waals surface area contributed by atoms with E-state index in [-0.39, 0.29) is 6.04 Å². The zero-order valence-electron chi connectivity index (χ0n) is 12.7. The molecule has 0 aromatic heterocycles. The van der Waals surface area contributed by atoms with Crippen molar-refractivity contribution < 1.29 is 14.6 Å². The molecule has 2 rings (SSSR count). The van der Waals surface area contributed by atoms with Gasteiger partial charge >= 0.3 is 5.97 Å². The zero-order chi connectivity index (χ0) is 15.8. The molecule has 22 heavy (non-hydrogen) atoms. The van der Waals surface area contributed by atoms with Crippen LogP contribution in [0, 0.1) is 0 Å². The molecule has 1 atom stereocenters. The van der Waals surface area contributed by atoms with Crippen LogP contribution < -0.4 is 5.32 Å². The summed E-state index contributed by atoms with van der Waals surface area (Å²) in [5.41, 5.74) is 2.51. The molecule has 2 N–H and O–H groups in total. The predicted octanol–water partition coefficient (Wildman–Crippen LogP) is 2.73. The third kappa shape index (κ3) is 4.98. The van der Waals surface area contributed by atoms with Crippen molar-refractivity contribution in [3.05, 3.63) is 71.3 Å². The van der Waals surface area contributed by atoms with E-state index in [0.29, 0.717) is 18.7 Å². The van der Waals surface area contributed by atoms with Crippen LogP contribution in [0.25, 0.3) is 0 Å². The van der Waals surface area contributed by atoms with Gasteiger partial charge in [-0.25, -0.2) is 4.79 Å². The molecule has 0 aliphatic carbocycles. The fraction of sp³-hybridized carbons (Fsp3) is 0.278. The summed E-state index contributed by atoms with van der Waals surface area (Å²) in [6, 6.07) is 17.4. The highest BCUT2D eigenvalue weighted by Gasteiger charge is 2.10. The molecule has 0 saturated carbocycles. The van der Waals surface area contributed by atoms with Gasteiger partial charge in [0.25, 0.3) is 0 Å². The molecular weight excluding hydrogens is 278 g/mol. The van der Waals surface area contributed by atoms with Crippen molar-refractivity contribution in [2.75, 3.05) is 13.7 Å². The van der Waals surface area contributed by atoms with Crippen LogP contribution in [0.1, 0.15) is 21.5 Å². The van der Waals surface area contributed by atoms with E-state index in [1.165, 1.54) is 5.56 Å². The molecule has 0 bridgehead atoms. The van der Waals surface area contributed by atoms with Crippen LogP contribution in [0.2, 0.25) is 0 Å². The largest absolute Gasteiger partial charge is 0.478 e. The van der Waals surface area contributed by atoms with Gasteiger partial charge in [-0.3, -0.25) is 0 Å². The average molecular weight is 299 g/mol. The third-order valence-corrected chi connectivity index (χ3v) is 3.46. The van der Waals surface area contributed by atoms with Crippen molar-refractivity contribution in [2.45, 2.75) is 19.0 Å². The Morgan fingerprint density at radius 1 is 1.14 bits per heavy atom. The lowest BCUT2D eigenvalue weighted by Gasteiger charge is -2.18. The summed E-state index contributed by atoms with van der Waals surface area (Å²) in [7, 11) is 1.69. The van der Waals surface area contributed by atoms with Crippen LogP contribution in [0.3, 0.4) is 0 Å². The molecule has 1 unspecified atom stereocenters. The Balaban J connectivity index is 1.96. The van der Waals surface area contributed by atoms with Crippen LogP contribution in [-0.4, -0.2) is 30.8 Å². The average Bonchev–Trinajstić information content (AvgIpc) is 2.54. The second-order valence-corrected chi connectivity index (χ2v) is 5.23. The van der Waals surface area contributed by atoms with Gasteiger partial charge in [-0.15, -0.1) is 0 Å². The molecule has 0 heterocycles. The Morgan fingerprint density at radius 2 is 1.86 bits per heavy atom. The summed E-state index contributed by atoms with van der Waals surface area (Å²) in [5.74, 6) is -0.903. The molecule has 2 aromatic carbocycles. The molecule has 0 radical (unpaired) electrons. The lowest BCUT2D eigenvalue weighted by Crippen LogP contribution is -2.34. The second kappa shape index (κ2) is 8.32. The monoisotopic (exact) mass is 299 g/mol. The number of benzene rings is 2. The van der Waals surface area contributed by atoms with E-state index in [4.69, 9.17) is 9.84 Å². The van der Waals surface area contributed by atoms with Gasteiger partial charge in [0.2, 0.25) is 0 Å². The van der Waals surface area contributed by atoms with Crippen molar-refractivity contribution in [1.29, 1.82) is 0 Å². The van der Waals surface area contributed by atoms with Crippen molar-refractivity contribution in [1.82, 2.24) is 5.32 Å². The zero-order valence-corrected chi connectivity index (χ0v) is 12.7. The Hall–Kier alpha value is -2.17. The Labute approximate surface area is 130 Å². The van der Waals surface area contributed by atoms with Gasteiger partial charge in [-0.2, -0.15) is 0 Å². The first-order valence-corrected chi connectivity index (χ1v) is 7.27.